The van der Waals surface area contributed by atoms with Gasteiger partial charge < -0.3 is 20.3 Å². The predicted molar refractivity (Wildman–Crippen MR) is 98.7 cm³/mol. The molecule has 0 unspecified atom stereocenters. The standard InChI is InChI=1S/C14H25N5O.HI/c1-5-15-14(16-9-10-20-4)17-11-12-7-6-8-13(18-12)19(2)3;/h6-8H,5,9-11H2,1-4H3,(H2,15,16,17);1H. The van der Waals surface area contributed by atoms with Gasteiger partial charge >= 0.3 is 0 Å². The lowest BCUT2D eigenvalue weighted by Gasteiger charge is -2.12. The Hall–Kier alpha value is -1.09. The monoisotopic (exact) mass is 407 g/mol. The van der Waals surface area contributed by atoms with Gasteiger partial charge in [-0.05, 0) is 19.1 Å². The van der Waals surface area contributed by atoms with E-state index in [1.54, 1.807) is 7.11 Å². The van der Waals surface area contributed by atoms with Gasteiger partial charge in [-0.1, -0.05) is 6.07 Å². The Bertz CT molecular complexity index is 426. The molecule has 1 aromatic heterocycles. The quantitative estimate of drug-likeness (QED) is 0.310. The highest BCUT2D eigenvalue weighted by Crippen LogP contribution is 2.08. The van der Waals surface area contributed by atoms with Crippen molar-refractivity contribution in [1.82, 2.24) is 15.6 Å². The minimum atomic E-state index is 0. The summed E-state index contributed by atoms with van der Waals surface area (Å²) in [5, 5.41) is 6.40. The van der Waals surface area contributed by atoms with Crippen molar-refractivity contribution >= 4 is 35.8 Å². The van der Waals surface area contributed by atoms with E-state index < -0.39 is 0 Å². The number of methoxy groups -OCH3 is 1. The van der Waals surface area contributed by atoms with Gasteiger partial charge in [0.15, 0.2) is 5.96 Å². The maximum absolute atomic E-state index is 5.01. The van der Waals surface area contributed by atoms with Crippen molar-refractivity contribution in [2.45, 2.75) is 13.5 Å². The van der Waals surface area contributed by atoms with E-state index in [0.717, 1.165) is 30.6 Å². The second-order valence-corrected chi connectivity index (χ2v) is 4.50. The average molecular weight is 407 g/mol. The van der Waals surface area contributed by atoms with Crippen LogP contribution in [0.2, 0.25) is 0 Å². The first-order valence-corrected chi connectivity index (χ1v) is 6.81. The van der Waals surface area contributed by atoms with Gasteiger partial charge in [-0.25, -0.2) is 9.98 Å². The number of aliphatic imine (C=N–C) groups is 1. The summed E-state index contributed by atoms with van der Waals surface area (Å²) >= 11 is 0. The summed E-state index contributed by atoms with van der Waals surface area (Å²) in [6, 6.07) is 5.96. The average Bonchev–Trinajstić information content (AvgIpc) is 2.45. The fraction of sp³-hybridized carbons (Fsp3) is 0.571. The minimum Gasteiger partial charge on any atom is -0.383 e. The Labute approximate surface area is 144 Å². The fourth-order valence-corrected chi connectivity index (χ4v) is 1.58. The van der Waals surface area contributed by atoms with Crippen molar-refractivity contribution < 1.29 is 4.74 Å². The molecule has 0 atom stereocenters. The molecule has 0 fully saturated rings. The second-order valence-electron chi connectivity index (χ2n) is 4.50. The molecule has 0 aliphatic rings. The molecule has 0 amide bonds. The summed E-state index contributed by atoms with van der Waals surface area (Å²) < 4.78 is 5.01. The molecule has 0 bridgehead atoms. The molecule has 6 nitrogen and oxygen atoms in total. The third-order valence-corrected chi connectivity index (χ3v) is 2.59. The number of rotatable bonds is 7. The van der Waals surface area contributed by atoms with Crippen molar-refractivity contribution in [3.05, 3.63) is 23.9 Å². The van der Waals surface area contributed by atoms with Gasteiger partial charge in [0.2, 0.25) is 0 Å². The number of pyridine rings is 1. The van der Waals surface area contributed by atoms with Gasteiger partial charge in [0, 0.05) is 34.3 Å². The molecular formula is C14H26IN5O. The summed E-state index contributed by atoms with van der Waals surface area (Å²) in [5.41, 5.74) is 0.945. The molecule has 0 spiro atoms. The highest BCUT2D eigenvalue weighted by molar-refractivity contribution is 14.0. The molecule has 0 saturated carbocycles. The van der Waals surface area contributed by atoms with Gasteiger partial charge in [0.25, 0.3) is 0 Å². The zero-order valence-electron chi connectivity index (χ0n) is 13.2. The van der Waals surface area contributed by atoms with E-state index in [2.05, 4.69) is 20.6 Å². The van der Waals surface area contributed by atoms with Crippen LogP contribution in [0.4, 0.5) is 5.82 Å². The van der Waals surface area contributed by atoms with E-state index in [-0.39, 0.29) is 24.0 Å². The second kappa shape index (κ2) is 11.6. The van der Waals surface area contributed by atoms with E-state index >= 15 is 0 Å². The topological polar surface area (TPSA) is 61.8 Å². The summed E-state index contributed by atoms with van der Waals surface area (Å²) in [4.78, 5) is 11.0. The van der Waals surface area contributed by atoms with Crippen LogP contribution in [-0.2, 0) is 11.3 Å². The highest BCUT2D eigenvalue weighted by Gasteiger charge is 2.00. The van der Waals surface area contributed by atoms with Gasteiger partial charge in [-0.15, -0.1) is 24.0 Å². The number of aromatic nitrogens is 1. The molecule has 21 heavy (non-hydrogen) atoms. The number of nitrogens with one attached hydrogen (secondary N) is 2. The lowest BCUT2D eigenvalue weighted by atomic mass is 10.3. The number of nitrogens with zero attached hydrogens (tertiary/aromatic N) is 3. The van der Waals surface area contributed by atoms with Crippen molar-refractivity contribution in [2.24, 2.45) is 4.99 Å². The molecule has 7 heteroatoms. The predicted octanol–water partition coefficient (Wildman–Crippen LogP) is 1.47. The summed E-state index contributed by atoms with van der Waals surface area (Å²) in [6.45, 7) is 4.79. The zero-order chi connectivity index (χ0) is 14.8. The van der Waals surface area contributed by atoms with Crippen molar-refractivity contribution in [1.29, 1.82) is 0 Å². The van der Waals surface area contributed by atoms with E-state index in [4.69, 9.17) is 4.74 Å². The molecule has 2 N–H and O–H groups in total. The summed E-state index contributed by atoms with van der Waals surface area (Å²) in [5.74, 6) is 1.72. The normalized spacial score (nSPS) is 10.8. The minimum absolute atomic E-state index is 0. The molecule has 1 heterocycles. The first-order valence-electron chi connectivity index (χ1n) is 6.81. The number of hydrogen-bond donors (Lipinski definition) is 2. The van der Waals surface area contributed by atoms with Crippen molar-refractivity contribution in [2.75, 3.05) is 45.8 Å². The molecule has 0 aliphatic carbocycles. The SMILES string of the molecule is CCNC(=NCc1cccc(N(C)C)n1)NCCOC.I. The Morgan fingerprint density at radius 2 is 2.10 bits per heavy atom. The third-order valence-electron chi connectivity index (χ3n) is 2.59. The van der Waals surface area contributed by atoms with E-state index in [0.29, 0.717) is 13.2 Å². The van der Waals surface area contributed by atoms with Gasteiger partial charge in [-0.3, -0.25) is 0 Å². The Balaban J connectivity index is 0.00000400. The molecule has 120 valence electrons. The van der Waals surface area contributed by atoms with Crippen LogP contribution in [0.3, 0.4) is 0 Å². The van der Waals surface area contributed by atoms with Crippen LogP contribution in [0.5, 0.6) is 0 Å². The lowest BCUT2D eigenvalue weighted by Crippen LogP contribution is -2.38. The van der Waals surface area contributed by atoms with E-state index in [1.807, 2.05) is 44.1 Å². The van der Waals surface area contributed by atoms with Crippen LogP contribution >= 0.6 is 24.0 Å². The van der Waals surface area contributed by atoms with Crippen LogP contribution in [-0.4, -0.2) is 51.8 Å². The van der Waals surface area contributed by atoms with Crippen molar-refractivity contribution in [3.63, 3.8) is 0 Å². The van der Waals surface area contributed by atoms with Crippen molar-refractivity contribution in [3.8, 4) is 0 Å². The number of hydrogen-bond acceptors (Lipinski definition) is 4. The van der Waals surface area contributed by atoms with E-state index in [1.165, 1.54) is 0 Å². The first-order chi connectivity index (χ1) is 9.67. The largest absolute Gasteiger partial charge is 0.383 e. The van der Waals surface area contributed by atoms with Gasteiger partial charge in [-0.2, -0.15) is 0 Å². The molecule has 0 aliphatic heterocycles. The maximum Gasteiger partial charge on any atom is 0.191 e. The Morgan fingerprint density at radius 3 is 2.71 bits per heavy atom. The lowest BCUT2D eigenvalue weighted by molar-refractivity contribution is 0.203. The number of anilines is 1. The number of halogens is 1. The molecule has 0 saturated heterocycles. The van der Waals surface area contributed by atoms with Crippen LogP contribution < -0.4 is 15.5 Å². The zero-order valence-corrected chi connectivity index (χ0v) is 15.5. The highest BCUT2D eigenvalue weighted by atomic mass is 127. The smallest absolute Gasteiger partial charge is 0.191 e. The molecule has 0 radical (unpaired) electrons. The molecular weight excluding hydrogens is 381 g/mol. The Kier molecular flexibility index (Phi) is 11.0. The number of ether oxygens (including phenoxy) is 1. The molecule has 0 aromatic carbocycles. The van der Waals surface area contributed by atoms with Crippen LogP contribution in [0.25, 0.3) is 0 Å². The number of guanidine groups is 1. The maximum atomic E-state index is 5.01. The summed E-state index contributed by atoms with van der Waals surface area (Å²) in [6.07, 6.45) is 0. The third kappa shape index (κ3) is 8.05. The Morgan fingerprint density at radius 1 is 1.33 bits per heavy atom. The van der Waals surface area contributed by atoms with E-state index in [9.17, 15) is 0 Å². The molecule has 1 rings (SSSR count). The van der Waals surface area contributed by atoms with Crippen LogP contribution in [0.15, 0.2) is 23.2 Å². The fourth-order valence-electron chi connectivity index (χ4n) is 1.58. The van der Waals surface area contributed by atoms with Gasteiger partial charge in [0.1, 0.15) is 5.82 Å². The van der Waals surface area contributed by atoms with Gasteiger partial charge in [0.05, 0.1) is 18.8 Å². The molecule has 1 aromatic rings. The van der Waals surface area contributed by atoms with Crippen LogP contribution in [0, 0.1) is 0 Å². The van der Waals surface area contributed by atoms with Crippen LogP contribution in [0.1, 0.15) is 12.6 Å². The first kappa shape index (κ1) is 19.9. The summed E-state index contributed by atoms with van der Waals surface area (Å²) in [7, 11) is 5.64.